The number of rotatable bonds is 2. The van der Waals surface area contributed by atoms with Crippen molar-refractivity contribution in [1.29, 1.82) is 0 Å². The van der Waals surface area contributed by atoms with E-state index >= 15 is 0 Å². The Morgan fingerprint density at radius 3 is 2.44 bits per heavy atom. The van der Waals surface area contributed by atoms with Crippen molar-refractivity contribution in [3.8, 4) is 0 Å². The monoisotopic (exact) mass is 510 g/mol. The minimum absolute atomic E-state index is 0. The van der Waals surface area contributed by atoms with Gasteiger partial charge >= 0.3 is 0 Å². The number of carbonyl (C=O) groups excluding carboxylic acids is 2. The number of aliphatic hydroxyl groups excluding tert-OH is 2. The Labute approximate surface area is 209 Å². The van der Waals surface area contributed by atoms with Crippen molar-refractivity contribution in [1.82, 2.24) is 0 Å². The van der Waals surface area contributed by atoms with E-state index in [-0.39, 0.29) is 35.4 Å². The maximum absolute atomic E-state index is 12.6. The van der Waals surface area contributed by atoms with Gasteiger partial charge < -0.3 is 20.8 Å². The first kappa shape index (κ1) is 27.2. The maximum atomic E-state index is 12.6. The first-order valence-electron chi connectivity index (χ1n) is 11.6. The fourth-order valence-electron chi connectivity index (χ4n) is 7.49. The number of Topliss-reactive ketones (excluding diaryl/α,β-unsaturated/α-hetero) is 1. The summed E-state index contributed by atoms with van der Waals surface area (Å²) >= 11 is 9.02. The molecule has 0 saturated heterocycles. The number of halogens is 1. The van der Waals surface area contributed by atoms with Crippen molar-refractivity contribution in [3.63, 3.8) is 0 Å². The summed E-state index contributed by atoms with van der Waals surface area (Å²) in [6.07, 6.45) is 6.22. The van der Waals surface area contributed by atoms with Gasteiger partial charge in [0.25, 0.3) is 0 Å². The smallest absolute Gasteiger partial charge is 0.190 e. The van der Waals surface area contributed by atoms with Crippen molar-refractivity contribution in [3.05, 3.63) is 46.7 Å². The van der Waals surface area contributed by atoms with Gasteiger partial charge in [-0.1, -0.05) is 44.6 Å². The van der Waals surface area contributed by atoms with E-state index in [0.717, 1.165) is 5.57 Å². The summed E-state index contributed by atoms with van der Waals surface area (Å²) in [6.45, 7) is 4.97. The number of carbonyl (C=O) groups is 2. The molecule has 5 N–H and O–H groups in total. The highest BCUT2D eigenvalue weighted by molar-refractivity contribution is 7.07. The molecule has 188 valence electrons. The van der Waals surface area contributed by atoms with E-state index in [1.54, 1.807) is 17.4 Å². The standard InChI is InChI=1S/C22H29ClO5.C4H4S.H2O/c1-12-8-16-15-5-4-13-9-14(25)6-7-19(13,2)21(15,23)17(26)10-20(16,3)22(12,28)18(27)11-24;1-2-4-5-3-1;/h6-7,9,12,15-17,24,26,28H,4-5,8,10-11H2,1-3H3;1-4H;1H2/t12-,15-,16-,17-,19-,20-,21-,22-;;/m0../s1. The van der Waals surface area contributed by atoms with Crippen LogP contribution in [0.4, 0.5) is 0 Å². The molecule has 1 aromatic rings. The Bertz CT molecular complexity index is 974. The zero-order chi connectivity index (χ0) is 24.2. The molecular weight excluding hydrogens is 476 g/mol. The summed E-state index contributed by atoms with van der Waals surface area (Å²) in [7, 11) is 0. The molecule has 3 fully saturated rings. The van der Waals surface area contributed by atoms with Gasteiger partial charge in [0, 0.05) is 10.8 Å². The average molecular weight is 511 g/mol. The lowest BCUT2D eigenvalue weighted by Crippen LogP contribution is -2.69. The number of hydrogen-bond acceptors (Lipinski definition) is 6. The lowest BCUT2D eigenvalue weighted by Gasteiger charge is -2.63. The van der Waals surface area contributed by atoms with Crippen LogP contribution >= 0.6 is 22.9 Å². The lowest BCUT2D eigenvalue weighted by atomic mass is 9.45. The zero-order valence-electron chi connectivity index (χ0n) is 19.8. The summed E-state index contributed by atoms with van der Waals surface area (Å²) in [5.74, 6) is -1.15. The van der Waals surface area contributed by atoms with Gasteiger partial charge in [0.05, 0.1) is 11.0 Å². The van der Waals surface area contributed by atoms with E-state index in [2.05, 4.69) is 0 Å². The van der Waals surface area contributed by atoms with Crippen LogP contribution in [0.5, 0.6) is 0 Å². The normalized spacial score (nSPS) is 44.4. The SMILES string of the molecule is C[C@H]1C[C@H]2[C@@H]3CCC4=CC(=O)C=C[C@]4(C)[C@@]3(Cl)[C@@H](O)C[C@]2(C)[C@@]1(O)C(=O)CO.O.c1ccsc1. The first-order valence-corrected chi connectivity index (χ1v) is 12.9. The summed E-state index contributed by atoms with van der Waals surface area (Å²) in [5.41, 5.74) is -2.25. The minimum atomic E-state index is -1.68. The number of allylic oxidation sites excluding steroid dienone is 4. The number of aliphatic hydroxyl groups is 3. The molecule has 3 saturated carbocycles. The molecule has 6 nitrogen and oxygen atoms in total. The molecule has 0 amide bonds. The van der Waals surface area contributed by atoms with Crippen molar-refractivity contribution >= 4 is 34.5 Å². The van der Waals surface area contributed by atoms with E-state index in [4.69, 9.17) is 11.6 Å². The maximum Gasteiger partial charge on any atom is 0.190 e. The molecule has 0 spiro atoms. The first-order chi connectivity index (χ1) is 15.5. The molecule has 4 aliphatic carbocycles. The van der Waals surface area contributed by atoms with Crippen molar-refractivity contribution in [2.24, 2.45) is 28.6 Å². The predicted molar refractivity (Wildman–Crippen MR) is 133 cm³/mol. The van der Waals surface area contributed by atoms with Crippen molar-refractivity contribution < 1.29 is 30.4 Å². The van der Waals surface area contributed by atoms with E-state index in [9.17, 15) is 24.9 Å². The van der Waals surface area contributed by atoms with E-state index in [1.165, 1.54) is 6.08 Å². The van der Waals surface area contributed by atoms with Crippen LogP contribution in [0.2, 0.25) is 0 Å². The Morgan fingerprint density at radius 1 is 1.24 bits per heavy atom. The Morgan fingerprint density at radius 2 is 1.88 bits per heavy atom. The topological polar surface area (TPSA) is 126 Å². The second-order valence-electron chi connectivity index (χ2n) is 10.5. The van der Waals surface area contributed by atoms with Crippen LogP contribution in [0.15, 0.2) is 46.7 Å². The van der Waals surface area contributed by atoms with Gasteiger partial charge in [0.1, 0.15) is 12.2 Å². The number of thiophene rings is 1. The van der Waals surface area contributed by atoms with Gasteiger partial charge in [0.2, 0.25) is 0 Å². The van der Waals surface area contributed by atoms with Crippen molar-refractivity contribution in [2.75, 3.05) is 6.61 Å². The van der Waals surface area contributed by atoms with Gasteiger partial charge in [-0.3, -0.25) is 9.59 Å². The van der Waals surface area contributed by atoms with Crippen molar-refractivity contribution in [2.45, 2.75) is 63.0 Å². The zero-order valence-corrected chi connectivity index (χ0v) is 21.4. The van der Waals surface area contributed by atoms with Crippen LogP contribution in [0, 0.1) is 28.6 Å². The van der Waals surface area contributed by atoms with Gasteiger partial charge in [-0.15, -0.1) is 11.6 Å². The van der Waals surface area contributed by atoms with Crippen LogP contribution in [0.1, 0.15) is 46.5 Å². The predicted octanol–water partition coefficient (Wildman–Crippen LogP) is 3.09. The molecule has 1 heterocycles. The quantitative estimate of drug-likeness (QED) is 0.527. The molecule has 1 aromatic heterocycles. The van der Waals surface area contributed by atoms with Crippen LogP contribution in [-0.4, -0.2) is 55.5 Å². The Kier molecular flexibility index (Phi) is 7.42. The Balaban J connectivity index is 0.000000481. The molecule has 0 unspecified atom stereocenters. The average Bonchev–Trinajstić information content (AvgIpc) is 3.42. The molecular formula is C26H35ClO6S. The van der Waals surface area contributed by atoms with Crippen LogP contribution in [0.3, 0.4) is 0 Å². The van der Waals surface area contributed by atoms with Gasteiger partial charge in [-0.25, -0.2) is 0 Å². The third-order valence-electron chi connectivity index (χ3n) is 9.22. The molecule has 4 aliphatic rings. The number of alkyl halides is 1. The molecule has 8 atom stereocenters. The highest BCUT2D eigenvalue weighted by Crippen LogP contribution is 2.71. The fourth-order valence-corrected chi connectivity index (χ4v) is 8.46. The molecule has 8 heteroatoms. The summed E-state index contributed by atoms with van der Waals surface area (Å²) in [5, 5.41) is 36.4. The number of fused-ring (bicyclic) bond motifs is 5. The van der Waals surface area contributed by atoms with E-state index < -0.39 is 39.8 Å². The summed E-state index contributed by atoms with van der Waals surface area (Å²) < 4.78 is 0. The number of ketones is 2. The highest BCUT2D eigenvalue weighted by atomic mass is 35.5. The Hall–Kier alpha value is -1.35. The number of hydrogen-bond donors (Lipinski definition) is 3. The van der Waals surface area contributed by atoms with E-state index in [0.29, 0.717) is 19.3 Å². The molecule has 0 aliphatic heterocycles. The fraction of sp³-hybridized carbons (Fsp3) is 0.615. The highest BCUT2D eigenvalue weighted by Gasteiger charge is 2.74. The third kappa shape index (κ3) is 3.51. The van der Waals surface area contributed by atoms with E-state index in [1.807, 2.05) is 49.7 Å². The molecule has 5 rings (SSSR count). The van der Waals surface area contributed by atoms with Crippen LogP contribution in [-0.2, 0) is 9.59 Å². The van der Waals surface area contributed by atoms with Crippen LogP contribution < -0.4 is 0 Å². The van der Waals surface area contributed by atoms with Gasteiger partial charge in [-0.05, 0) is 66.3 Å². The molecule has 0 bridgehead atoms. The summed E-state index contributed by atoms with van der Waals surface area (Å²) in [6, 6.07) is 4.04. The van der Waals surface area contributed by atoms with Crippen LogP contribution in [0.25, 0.3) is 0 Å². The largest absolute Gasteiger partial charge is 0.412 e. The minimum Gasteiger partial charge on any atom is -0.412 e. The molecule has 0 radical (unpaired) electrons. The van der Waals surface area contributed by atoms with Gasteiger partial charge in [-0.2, -0.15) is 11.3 Å². The second kappa shape index (κ2) is 9.26. The van der Waals surface area contributed by atoms with Gasteiger partial charge in [0.15, 0.2) is 11.6 Å². The summed E-state index contributed by atoms with van der Waals surface area (Å²) in [4.78, 5) is 23.5. The second-order valence-corrected chi connectivity index (χ2v) is 12.0. The molecule has 34 heavy (non-hydrogen) atoms. The molecule has 0 aromatic carbocycles. The third-order valence-corrected chi connectivity index (χ3v) is 10.8. The lowest BCUT2D eigenvalue weighted by molar-refractivity contribution is -0.179.